The highest BCUT2D eigenvalue weighted by molar-refractivity contribution is 9.10. The van der Waals surface area contributed by atoms with Gasteiger partial charge in [-0.15, -0.1) is 0 Å². The summed E-state index contributed by atoms with van der Waals surface area (Å²) in [6.45, 7) is 3.21. The Morgan fingerprint density at radius 3 is 2.58 bits per heavy atom. The molecule has 0 heterocycles. The average molecular weight is 332 g/mol. The molecule has 1 amide bonds. The highest BCUT2D eigenvalue weighted by atomic mass is 79.9. The van der Waals surface area contributed by atoms with Crippen molar-refractivity contribution in [3.63, 3.8) is 0 Å². The Hall–Kier alpha value is -1.43. The fourth-order valence-electron chi connectivity index (χ4n) is 1.40. The van der Waals surface area contributed by atoms with Crippen molar-refractivity contribution in [2.45, 2.75) is 20.3 Å². The predicted molar refractivity (Wildman–Crippen MR) is 72.5 cm³/mol. The Balaban J connectivity index is 2.78. The molecule has 0 spiro atoms. The fraction of sp³-hybridized carbons (Fsp3) is 0.385. The summed E-state index contributed by atoms with van der Waals surface area (Å²) in [6, 6.07) is 4.08. The van der Waals surface area contributed by atoms with E-state index in [0.29, 0.717) is 10.9 Å². The van der Waals surface area contributed by atoms with Crippen LogP contribution in [0.1, 0.15) is 30.6 Å². The second kappa shape index (κ2) is 6.14. The molecule has 0 radical (unpaired) electrons. The molecule has 0 aliphatic rings. The maximum absolute atomic E-state index is 13.6. The number of nitrogens with one attached hydrogen (secondary N) is 1. The number of rotatable bonds is 5. The molecule has 6 heteroatoms. The summed E-state index contributed by atoms with van der Waals surface area (Å²) < 4.78 is 14.1. The average Bonchev–Trinajstić information content (AvgIpc) is 2.35. The van der Waals surface area contributed by atoms with Gasteiger partial charge in [-0.05, 0) is 31.5 Å². The number of hydrogen-bond donors (Lipinski definition) is 2. The summed E-state index contributed by atoms with van der Waals surface area (Å²) in [7, 11) is 0. The van der Waals surface area contributed by atoms with Gasteiger partial charge < -0.3 is 10.4 Å². The quantitative estimate of drug-likeness (QED) is 0.871. The lowest BCUT2D eigenvalue weighted by atomic mass is 9.87. The van der Waals surface area contributed by atoms with Crippen LogP contribution in [0.15, 0.2) is 22.7 Å². The second-order valence-corrected chi connectivity index (χ2v) is 5.44. The van der Waals surface area contributed by atoms with Gasteiger partial charge in [0.2, 0.25) is 0 Å². The third-order valence-corrected chi connectivity index (χ3v) is 3.60. The van der Waals surface area contributed by atoms with Crippen molar-refractivity contribution in [2.24, 2.45) is 5.41 Å². The van der Waals surface area contributed by atoms with Crippen LogP contribution in [0, 0.1) is 11.2 Å². The zero-order valence-electron chi connectivity index (χ0n) is 10.7. The molecule has 1 unspecified atom stereocenters. The van der Waals surface area contributed by atoms with Crippen LogP contribution in [-0.4, -0.2) is 23.5 Å². The molecule has 4 nitrogen and oxygen atoms in total. The van der Waals surface area contributed by atoms with Crippen LogP contribution in [0.25, 0.3) is 0 Å². The molecular weight excluding hydrogens is 317 g/mol. The van der Waals surface area contributed by atoms with Crippen molar-refractivity contribution in [2.75, 3.05) is 6.54 Å². The van der Waals surface area contributed by atoms with Gasteiger partial charge >= 0.3 is 5.97 Å². The first-order chi connectivity index (χ1) is 8.80. The van der Waals surface area contributed by atoms with Crippen LogP contribution in [-0.2, 0) is 4.79 Å². The summed E-state index contributed by atoms with van der Waals surface area (Å²) in [5.41, 5.74) is -1.16. The Bertz CT molecular complexity index is 507. The molecule has 0 aromatic heterocycles. The molecule has 2 N–H and O–H groups in total. The monoisotopic (exact) mass is 331 g/mol. The zero-order chi connectivity index (χ0) is 14.6. The maximum Gasteiger partial charge on any atom is 0.311 e. The highest BCUT2D eigenvalue weighted by Crippen LogP contribution is 2.20. The van der Waals surface area contributed by atoms with E-state index in [2.05, 4.69) is 21.2 Å². The molecule has 1 rings (SSSR count). The number of amides is 1. The third-order valence-electron chi connectivity index (χ3n) is 3.11. The van der Waals surface area contributed by atoms with Crippen molar-refractivity contribution >= 4 is 27.8 Å². The Morgan fingerprint density at radius 1 is 1.47 bits per heavy atom. The Morgan fingerprint density at radius 2 is 2.11 bits per heavy atom. The largest absolute Gasteiger partial charge is 0.481 e. The SMILES string of the molecule is CCC(C)(CNC(=O)c1ccc(Br)cc1F)C(=O)O. The van der Waals surface area contributed by atoms with Gasteiger partial charge in [0.05, 0.1) is 11.0 Å². The maximum atomic E-state index is 13.6. The minimum atomic E-state index is -1.05. The van der Waals surface area contributed by atoms with E-state index in [1.165, 1.54) is 19.1 Å². The number of carbonyl (C=O) groups excluding carboxylic acids is 1. The summed E-state index contributed by atoms with van der Waals surface area (Å²) >= 11 is 3.10. The lowest BCUT2D eigenvalue weighted by Gasteiger charge is -2.23. The smallest absolute Gasteiger partial charge is 0.311 e. The van der Waals surface area contributed by atoms with Gasteiger partial charge in [-0.1, -0.05) is 22.9 Å². The minimum Gasteiger partial charge on any atom is -0.481 e. The summed E-state index contributed by atoms with van der Waals surface area (Å²) in [6.07, 6.45) is 0.367. The molecule has 1 aromatic rings. The summed E-state index contributed by atoms with van der Waals surface area (Å²) in [5.74, 6) is -2.27. The fourth-order valence-corrected chi connectivity index (χ4v) is 1.73. The van der Waals surface area contributed by atoms with Crippen LogP contribution < -0.4 is 5.32 Å². The standard InChI is InChI=1S/C13H15BrFNO3/c1-3-13(2,12(18)19)7-16-11(17)9-5-4-8(14)6-10(9)15/h4-6H,3,7H2,1-2H3,(H,16,17)(H,18,19). The number of carbonyl (C=O) groups is 2. The highest BCUT2D eigenvalue weighted by Gasteiger charge is 2.31. The second-order valence-electron chi connectivity index (χ2n) is 4.53. The van der Waals surface area contributed by atoms with Crippen LogP contribution in [0.3, 0.4) is 0 Å². The predicted octanol–water partition coefficient (Wildman–Crippen LogP) is 2.82. The number of carboxylic acid groups (broad SMARTS) is 1. The van der Waals surface area contributed by atoms with E-state index in [1.807, 2.05) is 0 Å². The first kappa shape index (κ1) is 15.6. The normalized spacial score (nSPS) is 13.7. The van der Waals surface area contributed by atoms with Gasteiger partial charge in [0, 0.05) is 11.0 Å². The van der Waals surface area contributed by atoms with E-state index in [-0.39, 0.29) is 12.1 Å². The first-order valence-corrected chi connectivity index (χ1v) is 6.56. The molecule has 1 atom stereocenters. The van der Waals surface area contributed by atoms with E-state index in [0.717, 1.165) is 0 Å². The molecule has 1 aromatic carbocycles. The molecular formula is C13H15BrFNO3. The van der Waals surface area contributed by atoms with E-state index in [4.69, 9.17) is 5.11 Å². The third kappa shape index (κ3) is 3.76. The van der Waals surface area contributed by atoms with E-state index >= 15 is 0 Å². The van der Waals surface area contributed by atoms with Crippen LogP contribution in [0.5, 0.6) is 0 Å². The molecule has 19 heavy (non-hydrogen) atoms. The first-order valence-electron chi connectivity index (χ1n) is 5.77. The Kier molecular flexibility index (Phi) is 5.05. The van der Waals surface area contributed by atoms with Crippen LogP contribution in [0.2, 0.25) is 0 Å². The van der Waals surface area contributed by atoms with Gasteiger partial charge in [-0.25, -0.2) is 4.39 Å². The number of benzene rings is 1. The molecule has 0 aliphatic heterocycles. The number of hydrogen-bond acceptors (Lipinski definition) is 2. The van der Waals surface area contributed by atoms with Crippen LogP contribution in [0.4, 0.5) is 4.39 Å². The lowest BCUT2D eigenvalue weighted by Crippen LogP contribution is -2.40. The van der Waals surface area contributed by atoms with Gasteiger partial charge in [-0.2, -0.15) is 0 Å². The van der Waals surface area contributed by atoms with E-state index in [9.17, 15) is 14.0 Å². The number of halogens is 2. The van der Waals surface area contributed by atoms with Crippen molar-refractivity contribution in [3.05, 3.63) is 34.1 Å². The van der Waals surface area contributed by atoms with Crippen molar-refractivity contribution in [1.29, 1.82) is 0 Å². The van der Waals surface area contributed by atoms with E-state index < -0.39 is 23.1 Å². The van der Waals surface area contributed by atoms with Gasteiger partial charge in [-0.3, -0.25) is 9.59 Å². The number of carboxylic acids is 1. The Labute approximate surface area is 119 Å². The lowest BCUT2D eigenvalue weighted by molar-refractivity contribution is -0.147. The summed E-state index contributed by atoms with van der Waals surface area (Å²) in [4.78, 5) is 22.9. The minimum absolute atomic E-state index is 0.0484. The van der Waals surface area contributed by atoms with Crippen molar-refractivity contribution in [1.82, 2.24) is 5.32 Å². The zero-order valence-corrected chi connectivity index (χ0v) is 12.3. The van der Waals surface area contributed by atoms with E-state index in [1.54, 1.807) is 13.0 Å². The molecule has 0 aliphatic carbocycles. The molecule has 0 bridgehead atoms. The molecule has 0 saturated heterocycles. The summed E-state index contributed by atoms with van der Waals surface area (Å²) in [5, 5.41) is 11.5. The topological polar surface area (TPSA) is 66.4 Å². The van der Waals surface area contributed by atoms with Gasteiger partial charge in [0.1, 0.15) is 5.82 Å². The van der Waals surface area contributed by atoms with Crippen molar-refractivity contribution < 1.29 is 19.1 Å². The molecule has 104 valence electrons. The molecule has 0 fully saturated rings. The van der Waals surface area contributed by atoms with Crippen LogP contribution >= 0.6 is 15.9 Å². The number of aliphatic carboxylic acids is 1. The van der Waals surface area contributed by atoms with Gasteiger partial charge in [0.15, 0.2) is 0 Å². The molecule has 0 saturated carbocycles. The van der Waals surface area contributed by atoms with Crippen molar-refractivity contribution in [3.8, 4) is 0 Å². The van der Waals surface area contributed by atoms with Gasteiger partial charge in [0.25, 0.3) is 5.91 Å².